The van der Waals surface area contributed by atoms with E-state index in [9.17, 15) is 9.50 Å². The number of nitrogens with one attached hydrogen (secondary N) is 1. The van der Waals surface area contributed by atoms with Crippen LogP contribution in [0.3, 0.4) is 0 Å². The highest BCUT2D eigenvalue weighted by Crippen LogP contribution is 2.30. The molecule has 1 aliphatic carbocycles. The van der Waals surface area contributed by atoms with Gasteiger partial charge in [-0.3, -0.25) is 0 Å². The highest BCUT2D eigenvalue weighted by Gasteiger charge is 2.27. The van der Waals surface area contributed by atoms with E-state index in [4.69, 9.17) is 0 Å². The molecule has 0 aromatic carbocycles. The summed E-state index contributed by atoms with van der Waals surface area (Å²) < 4.78 is 12.9. The Morgan fingerprint density at radius 3 is 3.07 bits per heavy atom. The van der Waals surface area contributed by atoms with Crippen LogP contribution in [0, 0.1) is 11.8 Å². The van der Waals surface area contributed by atoms with Crippen molar-refractivity contribution in [3.63, 3.8) is 0 Å². The molecule has 0 aromatic rings. The van der Waals surface area contributed by atoms with Gasteiger partial charge in [-0.05, 0) is 24.5 Å². The SMILES string of the molecule is OCC1CNCCC1C1=CCC(F)C=C1. The zero-order chi connectivity index (χ0) is 10.7. The molecule has 0 bridgehead atoms. The smallest absolute Gasteiger partial charge is 0.122 e. The van der Waals surface area contributed by atoms with Crippen LogP contribution in [-0.4, -0.2) is 31.0 Å². The molecular weight excluding hydrogens is 193 g/mol. The Balaban J connectivity index is 2.05. The van der Waals surface area contributed by atoms with Crippen LogP contribution >= 0.6 is 0 Å². The number of alkyl halides is 1. The van der Waals surface area contributed by atoms with Crippen LogP contribution in [-0.2, 0) is 0 Å². The van der Waals surface area contributed by atoms with Gasteiger partial charge in [0.2, 0.25) is 0 Å². The van der Waals surface area contributed by atoms with Crippen LogP contribution in [0.4, 0.5) is 4.39 Å². The number of allylic oxidation sites excluding steroid dienone is 4. The van der Waals surface area contributed by atoms with Gasteiger partial charge in [0.1, 0.15) is 6.17 Å². The first kappa shape index (κ1) is 10.8. The van der Waals surface area contributed by atoms with Crippen molar-refractivity contribution in [2.75, 3.05) is 19.7 Å². The maximum absolute atomic E-state index is 12.9. The molecule has 3 atom stereocenters. The molecule has 0 radical (unpaired) electrons. The van der Waals surface area contributed by atoms with Crippen LogP contribution in [0.25, 0.3) is 0 Å². The quantitative estimate of drug-likeness (QED) is 0.724. The molecule has 1 fully saturated rings. The fourth-order valence-corrected chi connectivity index (χ4v) is 2.44. The Morgan fingerprint density at radius 1 is 1.53 bits per heavy atom. The second-order valence-electron chi connectivity index (χ2n) is 4.36. The summed E-state index contributed by atoms with van der Waals surface area (Å²) in [7, 11) is 0. The lowest BCUT2D eigenvalue weighted by Gasteiger charge is -2.32. The fourth-order valence-electron chi connectivity index (χ4n) is 2.44. The largest absolute Gasteiger partial charge is 0.396 e. The van der Waals surface area contributed by atoms with E-state index in [1.165, 1.54) is 5.57 Å². The van der Waals surface area contributed by atoms with Crippen molar-refractivity contribution < 1.29 is 9.50 Å². The molecule has 0 aromatic heterocycles. The summed E-state index contributed by atoms with van der Waals surface area (Å²) in [6, 6.07) is 0. The summed E-state index contributed by atoms with van der Waals surface area (Å²) in [6.45, 7) is 2.07. The van der Waals surface area contributed by atoms with E-state index >= 15 is 0 Å². The summed E-state index contributed by atoms with van der Waals surface area (Å²) in [5.41, 5.74) is 1.21. The summed E-state index contributed by atoms with van der Waals surface area (Å²) in [5.74, 6) is 0.686. The molecule has 84 valence electrons. The highest BCUT2D eigenvalue weighted by molar-refractivity contribution is 5.28. The van der Waals surface area contributed by atoms with E-state index in [1.54, 1.807) is 6.08 Å². The molecule has 1 heterocycles. The van der Waals surface area contributed by atoms with Gasteiger partial charge >= 0.3 is 0 Å². The number of piperidine rings is 1. The standard InChI is InChI=1S/C12H18FNO/c13-11-3-1-9(2-4-11)12-5-6-14-7-10(12)8-15/h1-3,10-12,14-15H,4-8H2. The second kappa shape index (κ2) is 4.90. The Hall–Kier alpha value is -0.670. The Labute approximate surface area is 89.9 Å². The molecular formula is C12H18FNO. The van der Waals surface area contributed by atoms with Gasteiger partial charge in [0.25, 0.3) is 0 Å². The van der Waals surface area contributed by atoms with Crippen molar-refractivity contribution in [1.82, 2.24) is 5.32 Å². The number of hydrogen-bond acceptors (Lipinski definition) is 2. The van der Waals surface area contributed by atoms with Gasteiger partial charge in [0.15, 0.2) is 0 Å². The van der Waals surface area contributed by atoms with Crippen molar-refractivity contribution in [3.05, 3.63) is 23.8 Å². The molecule has 3 unspecified atom stereocenters. The second-order valence-corrected chi connectivity index (χ2v) is 4.36. The van der Waals surface area contributed by atoms with Gasteiger partial charge in [-0.25, -0.2) is 4.39 Å². The lowest BCUT2D eigenvalue weighted by molar-refractivity contribution is 0.164. The molecule has 2 N–H and O–H groups in total. The highest BCUT2D eigenvalue weighted by atomic mass is 19.1. The minimum absolute atomic E-state index is 0.210. The van der Waals surface area contributed by atoms with Crippen molar-refractivity contribution >= 4 is 0 Å². The van der Waals surface area contributed by atoms with Gasteiger partial charge < -0.3 is 10.4 Å². The van der Waals surface area contributed by atoms with Crippen molar-refractivity contribution in [2.45, 2.75) is 19.0 Å². The third kappa shape index (κ3) is 2.47. The van der Waals surface area contributed by atoms with Crippen LogP contribution in [0.15, 0.2) is 23.8 Å². The zero-order valence-corrected chi connectivity index (χ0v) is 8.82. The van der Waals surface area contributed by atoms with E-state index in [0.717, 1.165) is 19.5 Å². The minimum Gasteiger partial charge on any atom is -0.396 e. The van der Waals surface area contributed by atoms with Crippen LogP contribution < -0.4 is 5.32 Å². The van der Waals surface area contributed by atoms with Gasteiger partial charge in [0.05, 0.1) is 0 Å². The Kier molecular flexibility index (Phi) is 3.54. The number of aliphatic hydroxyl groups is 1. The molecule has 2 aliphatic rings. The summed E-state index contributed by atoms with van der Waals surface area (Å²) in [5, 5.41) is 12.6. The van der Waals surface area contributed by atoms with Crippen LogP contribution in [0.2, 0.25) is 0 Å². The van der Waals surface area contributed by atoms with E-state index in [2.05, 4.69) is 5.32 Å². The third-order valence-corrected chi connectivity index (χ3v) is 3.35. The fraction of sp³-hybridized carbons (Fsp3) is 0.667. The molecule has 2 rings (SSSR count). The molecule has 0 amide bonds. The third-order valence-electron chi connectivity index (χ3n) is 3.35. The molecule has 3 heteroatoms. The van der Waals surface area contributed by atoms with Gasteiger partial charge in [-0.1, -0.05) is 18.2 Å². The molecule has 0 spiro atoms. The predicted molar refractivity (Wildman–Crippen MR) is 58.3 cm³/mol. The first-order valence-corrected chi connectivity index (χ1v) is 5.65. The summed E-state index contributed by atoms with van der Waals surface area (Å²) in [4.78, 5) is 0. The Bertz CT molecular complexity index is 275. The number of rotatable bonds is 2. The molecule has 1 aliphatic heterocycles. The van der Waals surface area contributed by atoms with E-state index in [-0.39, 0.29) is 12.5 Å². The monoisotopic (exact) mass is 211 g/mol. The number of hydrogen-bond donors (Lipinski definition) is 2. The minimum atomic E-state index is -0.817. The van der Waals surface area contributed by atoms with Crippen molar-refractivity contribution in [1.29, 1.82) is 0 Å². The lowest BCUT2D eigenvalue weighted by atomic mass is 9.79. The first-order valence-electron chi connectivity index (χ1n) is 5.65. The average Bonchev–Trinajstić information content (AvgIpc) is 2.30. The molecule has 15 heavy (non-hydrogen) atoms. The zero-order valence-electron chi connectivity index (χ0n) is 8.82. The van der Waals surface area contributed by atoms with Gasteiger partial charge in [-0.2, -0.15) is 0 Å². The summed E-state index contributed by atoms with van der Waals surface area (Å²) in [6.07, 6.45) is 6.23. The lowest BCUT2D eigenvalue weighted by Crippen LogP contribution is -2.39. The normalized spacial score (nSPS) is 36.4. The first-order chi connectivity index (χ1) is 7.31. The van der Waals surface area contributed by atoms with Crippen LogP contribution in [0.5, 0.6) is 0 Å². The van der Waals surface area contributed by atoms with Gasteiger partial charge in [0, 0.05) is 25.5 Å². The number of aliphatic hydroxyl groups excluding tert-OH is 1. The van der Waals surface area contributed by atoms with Gasteiger partial charge in [-0.15, -0.1) is 0 Å². The van der Waals surface area contributed by atoms with E-state index in [0.29, 0.717) is 12.3 Å². The number of halogens is 1. The van der Waals surface area contributed by atoms with E-state index in [1.807, 2.05) is 12.2 Å². The van der Waals surface area contributed by atoms with Crippen molar-refractivity contribution in [3.8, 4) is 0 Å². The summed E-state index contributed by atoms with van der Waals surface area (Å²) >= 11 is 0. The maximum Gasteiger partial charge on any atom is 0.122 e. The maximum atomic E-state index is 12.9. The topological polar surface area (TPSA) is 32.3 Å². The molecule has 0 saturated carbocycles. The average molecular weight is 211 g/mol. The Morgan fingerprint density at radius 2 is 2.40 bits per heavy atom. The van der Waals surface area contributed by atoms with Crippen LogP contribution in [0.1, 0.15) is 12.8 Å². The molecule has 1 saturated heterocycles. The predicted octanol–water partition coefficient (Wildman–Crippen LogP) is 1.43. The van der Waals surface area contributed by atoms with Crippen molar-refractivity contribution in [2.24, 2.45) is 11.8 Å². The molecule has 2 nitrogen and oxygen atoms in total. The van der Waals surface area contributed by atoms with E-state index < -0.39 is 6.17 Å².